The highest BCUT2D eigenvalue weighted by atomic mass is 32.1. The highest BCUT2D eigenvalue weighted by Gasteiger charge is 2.35. The Hall–Kier alpha value is -2.94. The maximum absolute atomic E-state index is 12.4. The molecule has 0 spiro atoms. The molecule has 2 heterocycles. The summed E-state index contributed by atoms with van der Waals surface area (Å²) in [4.78, 5) is 42.0. The third kappa shape index (κ3) is 3.67. The Kier molecular flexibility index (Phi) is 5.17. The Balaban J connectivity index is 1.67. The first kappa shape index (κ1) is 17.9. The smallest absolute Gasteiger partial charge is 0.349 e. The number of esters is 1. The van der Waals surface area contributed by atoms with Crippen LogP contribution in [-0.2, 0) is 14.3 Å². The Morgan fingerprint density at radius 2 is 2.15 bits per heavy atom. The van der Waals surface area contributed by atoms with Crippen LogP contribution in [0.4, 0.5) is 10.8 Å². The van der Waals surface area contributed by atoms with Crippen LogP contribution in [0.5, 0.6) is 5.75 Å². The summed E-state index contributed by atoms with van der Waals surface area (Å²) in [5.74, 6) is -0.814. The minimum absolute atomic E-state index is 0.109. The molecule has 2 aromatic rings. The first-order valence-electron chi connectivity index (χ1n) is 7.81. The standard InChI is InChI=1S/C17H17N3O5S/c1-24-12-5-3-4-11(7-12)20-9-10(6-14(20)21)15(22)19-17-18-8-13(26-17)16(23)25-2/h3-5,7-8,10H,6,9H2,1-2H3,(H,18,19,22)/t10-/m1/s1. The third-order valence-corrected chi connectivity index (χ3v) is 4.88. The van der Waals surface area contributed by atoms with E-state index in [1.807, 2.05) is 0 Å². The molecule has 1 aliphatic rings. The van der Waals surface area contributed by atoms with Crippen molar-refractivity contribution in [2.45, 2.75) is 6.42 Å². The van der Waals surface area contributed by atoms with Gasteiger partial charge >= 0.3 is 5.97 Å². The van der Waals surface area contributed by atoms with E-state index in [2.05, 4.69) is 15.0 Å². The summed E-state index contributed by atoms with van der Waals surface area (Å²) in [6.07, 6.45) is 1.45. The van der Waals surface area contributed by atoms with E-state index in [9.17, 15) is 14.4 Å². The number of aromatic nitrogens is 1. The van der Waals surface area contributed by atoms with Gasteiger partial charge in [0.25, 0.3) is 0 Å². The predicted molar refractivity (Wildman–Crippen MR) is 95.5 cm³/mol. The van der Waals surface area contributed by atoms with Crippen molar-refractivity contribution in [1.82, 2.24) is 4.98 Å². The fourth-order valence-electron chi connectivity index (χ4n) is 2.65. The van der Waals surface area contributed by atoms with Gasteiger partial charge in [0.05, 0.1) is 26.3 Å². The average molecular weight is 375 g/mol. The predicted octanol–water partition coefficient (Wildman–Crippen LogP) is 1.93. The number of anilines is 2. The number of hydrogen-bond donors (Lipinski definition) is 1. The summed E-state index contributed by atoms with van der Waals surface area (Å²) in [5.41, 5.74) is 0.687. The molecule has 3 rings (SSSR count). The number of rotatable bonds is 5. The lowest BCUT2D eigenvalue weighted by Crippen LogP contribution is -2.28. The molecule has 1 fully saturated rings. The second kappa shape index (κ2) is 7.52. The fourth-order valence-corrected chi connectivity index (χ4v) is 3.38. The van der Waals surface area contributed by atoms with E-state index < -0.39 is 11.9 Å². The van der Waals surface area contributed by atoms with Gasteiger partial charge in [0.15, 0.2) is 5.13 Å². The first-order valence-corrected chi connectivity index (χ1v) is 8.63. The number of nitrogens with zero attached hydrogens (tertiary/aromatic N) is 2. The Morgan fingerprint density at radius 3 is 2.88 bits per heavy atom. The van der Waals surface area contributed by atoms with Crippen molar-refractivity contribution in [3.8, 4) is 5.75 Å². The SMILES string of the molecule is COC(=O)c1cnc(NC(=O)[C@@H]2CC(=O)N(c3cccc(OC)c3)C2)s1. The van der Waals surface area contributed by atoms with Gasteiger partial charge in [-0.2, -0.15) is 0 Å². The van der Waals surface area contributed by atoms with Crippen molar-refractivity contribution >= 4 is 39.9 Å². The minimum Gasteiger partial charge on any atom is -0.497 e. The van der Waals surface area contributed by atoms with Crippen LogP contribution in [0.1, 0.15) is 16.1 Å². The topological polar surface area (TPSA) is 97.8 Å². The molecule has 136 valence electrons. The highest BCUT2D eigenvalue weighted by molar-refractivity contribution is 7.17. The number of amides is 2. The quantitative estimate of drug-likeness (QED) is 0.802. The van der Waals surface area contributed by atoms with Crippen LogP contribution in [0.2, 0.25) is 0 Å². The van der Waals surface area contributed by atoms with E-state index in [1.54, 1.807) is 36.3 Å². The van der Waals surface area contributed by atoms with E-state index in [4.69, 9.17) is 4.74 Å². The molecule has 9 heteroatoms. The second-order valence-electron chi connectivity index (χ2n) is 5.62. The zero-order valence-electron chi connectivity index (χ0n) is 14.2. The summed E-state index contributed by atoms with van der Waals surface area (Å²) in [7, 11) is 2.83. The second-order valence-corrected chi connectivity index (χ2v) is 6.65. The zero-order valence-corrected chi connectivity index (χ0v) is 15.0. The molecule has 1 atom stereocenters. The van der Waals surface area contributed by atoms with Crippen LogP contribution in [0, 0.1) is 5.92 Å². The maximum Gasteiger partial charge on any atom is 0.349 e. The Labute approximate surface area is 153 Å². The molecule has 0 unspecified atom stereocenters. The van der Waals surface area contributed by atoms with Gasteiger partial charge < -0.3 is 19.7 Å². The molecule has 8 nitrogen and oxygen atoms in total. The number of carbonyl (C=O) groups is 3. The van der Waals surface area contributed by atoms with Crippen molar-refractivity contribution in [2.24, 2.45) is 5.92 Å². The number of methoxy groups -OCH3 is 2. The summed E-state index contributed by atoms with van der Waals surface area (Å²) >= 11 is 1.02. The van der Waals surface area contributed by atoms with Gasteiger partial charge in [-0.15, -0.1) is 0 Å². The molecule has 0 bridgehead atoms. The monoisotopic (exact) mass is 375 g/mol. The van der Waals surface area contributed by atoms with E-state index in [1.165, 1.54) is 13.3 Å². The maximum atomic E-state index is 12.4. The van der Waals surface area contributed by atoms with Gasteiger partial charge in [-0.25, -0.2) is 9.78 Å². The minimum atomic E-state index is -0.511. The lowest BCUT2D eigenvalue weighted by atomic mass is 10.1. The van der Waals surface area contributed by atoms with Gasteiger partial charge in [0.1, 0.15) is 10.6 Å². The summed E-state index contributed by atoms with van der Waals surface area (Å²) in [6.45, 7) is 0.271. The third-order valence-electron chi connectivity index (χ3n) is 3.98. The van der Waals surface area contributed by atoms with E-state index >= 15 is 0 Å². The van der Waals surface area contributed by atoms with E-state index in [0.717, 1.165) is 11.3 Å². The normalized spacial score (nSPS) is 16.5. The van der Waals surface area contributed by atoms with Crippen molar-refractivity contribution in [2.75, 3.05) is 31.0 Å². The average Bonchev–Trinajstić information content (AvgIpc) is 3.28. The van der Waals surface area contributed by atoms with Gasteiger partial charge in [-0.1, -0.05) is 17.4 Å². The molecule has 0 radical (unpaired) electrons. The van der Waals surface area contributed by atoms with E-state index in [-0.39, 0.29) is 24.8 Å². The van der Waals surface area contributed by atoms with Gasteiger partial charge in [-0.3, -0.25) is 9.59 Å². The number of benzene rings is 1. The van der Waals surface area contributed by atoms with E-state index in [0.29, 0.717) is 21.4 Å². The molecule has 1 saturated heterocycles. The molecule has 26 heavy (non-hydrogen) atoms. The van der Waals surface area contributed by atoms with Crippen molar-refractivity contribution in [3.63, 3.8) is 0 Å². The molecular formula is C17H17N3O5S. The highest BCUT2D eigenvalue weighted by Crippen LogP contribution is 2.29. The van der Waals surface area contributed by atoms with Crippen LogP contribution in [-0.4, -0.2) is 43.5 Å². The lowest BCUT2D eigenvalue weighted by Gasteiger charge is -2.17. The first-order chi connectivity index (χ1) is 12.5. The number of ether oxygens (including phenoxy) is 2. The van der Waals surface area contributed by atoms with Crippen molar-refractivity contribution in [1.29, 1.82) is 0 Å². The van der Waals surface area contributed by atoms with Crippen LogP contribution in [0.15, 0.2) is 30.5 Å². The Morgan fingerprint density at radius 1 is 1.35 bits per heavy atom. The number of thiazole rings is 1. The number of nitrogens with one attached hydrogen (secondary N) is 1. The summed E-state index contributed by atoms with van der Waals surface area (Å²) in [6, 6.07) is 7.13. The number of hydrogen-bond acceptors (Lipinski definition) is 7. The molecule has 2 amide bonds. The molecule has 0 aliphatic carbocycles. The molecular weight excluding hydrogens is 358 g/mol. The van der Waals surface area contributed by atoms with Crippen molar-refractivity contribution in [3.05, 3.63) is 35.3 Å². The van der Waals surface area contributed by atoms with Crippen LogP contribution >= 0.6 is 11.3 Å². The zero-order chi connectivity index (χ0) is 18.7. The Bertz CT molecular complexity index is 850. The summed E-state index contributed by atoms with van der Waals surface area (Å²) in [5, 5.41) is 2.95. The molecule has 1 aromatic heterocycles. The molecule has 1 aliphatic heterocycles. The largest absolute Gasteiger partial charge is 0.497 e. The van der Waals surface area contributed by atoms with Crippen LogP contribution in [0.25, 0.3) is 0 Å². The van der Waals surface area contributed by atoms with Gasteiger partial charge in [-0.05, 0) is 12.1 Å². The van der Waals surface area contributed by atoms with Gasteiger partial charge in [0.2, 0.25) is 11.8 Å². The van der Waals surface area contributed by atoms with Crippen molar-refractivity contribution < 1.29 is 23.9 Å². The summed E-state index contributed by atoms with van der Waals surface area (Å²) < 4.78 is 9.78. The fraction of sp³-hybridized carbons (Fsp3) is 0.294. The molecule has 0 saturated carbocycles. The van der Waals surface area contributed by atoms with Crippen LogP contribution in [0.3, 0.4) is 0 Å². The van der Waals surface area contributed by atoms with Crippen LogP contribution < -0.4 is 15.0 Å². The van der Waals surface area contributed by atoms with Gasteiger partial charge in [0, 0.05) is 24.7 Å². The lowest BCUT2D eigenvalue weighted by molar-refractivity contribution is -0.122. The molecule has 1 aromatic carbocycles. The molecule has 1 N–H and O–H groups in total. The number of carbonyl (C=O) groups excluding carboxylic acids is 3.